The Morgan fingerprint density at radius 3 is 2.67 bits per heavy atom. The van der Waals surface area contributed by atoms with E-state index in [-0.39, 0.29) is 5.91 Å². The summed E-state index contributed by atoms with van der Waals surface area (Å²) in [4.78, 5) is 12.4. The van der Waals surface area contributed by atoms with Crippen molar-refractivity contribution in [3.8, 4) is 5.75 Å². The third-order valence-corrected chi connectivity index (χ3v) is 3.00. The van der Waals surface area contributed by atoms with Crippen LogP contribution in [0.5, 0.6) is 5.75 Å². The van der Waals surface area contributed by atoms with Crippen molar-refractivity contribution >= 4 is 17.3 Å². The number of amides is 1. The van der Waals surface area contributed by atoms with Gasteiger partial charge in [0.15, 0.2) is 0 Å². The van der Waals surface area contributed by atoms with Gasteiger partial charge in [0, 0.05) is 18.5 Å². The molecule has 0 unspecified atom stereocenters. The average Bonchev–Trinajstić information content (AvgIpc) is 2.47. The van der Waals surface area contributed by atoms with Crippen molar-refractivity contribution in [2.75, 3.05) is 25.3 Å². The lowest BCUT2D eigenvalue weighted by atomic mass is 10.1. The van der Waals surface area contributed by atoms with Gasteiger partial charge in [-0.15, -0.1) is 0 Å². The van der Waals surface area contributed by atoms with Crippen molar-refractivity contribution in [3.63, 3.8) is 0 Å². The van der Waals surface area contributed by atoms with Crippen LogP contribution < -0.4 is 15.8 Å². The minimum atomic E-state index is -0.306. The number of benzene rings is 2. The summed E-state index contributed by atoms with van der Waals surface area (Å²) in [5.41, 5.74) is 8.23. The molecule has 2 aromatic carbocycles. The maximum atomic E-state index is 12.4. The second-order valence-corrected chi connectivity index (χ2v) is 4.51. The van der Waals surface area contributed by atoms with Gasteiger partial charge in [0.2, 0.25) is 0 Å². The van der Waals surface area contributed by atoms with E-state index in [1.165, 1.54) is 7.11 Å². The van der Waals surface area contributed by atoms with Crippen LogP contribution in [-0.4, -0.2) is 20.1 Å². The molecule has 0 aliphatic carbocycles. The molecule has 5 heteroatoms. The number of nitrogens with two attached hydrogens (primary N) is 1. The van der Waals surface area contributed by atoms with E-state index in [0.717, 1.165) is 5.56 Å². The van der Waals surface area contributed by atoms with E-state index in [1.54, 1.807) is 25.3 Å². The third-order valence-electron chi connectivity index (χ3n) is 3.00. The predicted octanol–water partition coefficient (Wildman–Crippen LogP) is 2.68. The molecular formula is C16H18N2O3. The highest BCUT2D eigenvalue weighted by molar-refractivity contribution is 6.09. The Kier molecular flexibility index (Phi) is 4.79. The number of carbonyl (C=O) groups excluding carboxylic acids is 1. The number of carbonyl (C=O) groups is 1. The Bertz CT molecular complexity index is 641. The smallest absolute Gasteiger partial charge is 0.261 e. The number of anilines is 2. The molecule has 0 heterocycles. The number of ether oxygens (including phenoxy) is 2. The molecule has 2 aromatic rings. The lowest BCUT2D eigenvalue weighted by Crippen LogP contribution is -2.15. The van der Waals surface area contributed by atoms with Crippen molar-refractivity contribution in [1.82, 2.24) is 0 Å². The number of hydrogen-bond donors (Lipinski definition) is 2. The Morgan fingerprint density at radius 1 is 1.19 bits per heavy atom. The predicted molar refractivity (Wildman–Crippen MR) is 82.5 cm³/mol. The minimum Gasteiger partial charge on any atom is -0.496 e. The van der Waals surface area contributed by atoms with Crippen LogP contribution in [0.1, 0.15) is 15.9 Å². The van der Waals surface area contributed by atoms with Crippen molar-refractivity contribution in [2.45, 2.75) is 6.61 Å². The van der Waals surface area contributed by atoms with Gasteiger partial charge in [-0.3, -0.25) is 4.79 Å². The average molecular weight is 286 g/mol. The molecule has 0 aliphatic rings. The van der Waals surface area contributed by atoms with Gasteiger partial charge in [0.25, 0.3) is 5.91 Å². The van der Waals surface area contributed by atoms with E-state index in [0.29, 0.717) is 29.3 Å². The molecule has 0 bridgehead atoms. The van der Waals surface area contributed by atoms with Crippen LogP contribution >= 0.6 is 0 Å². The largest absolute Gasteiger partial charge is 0.496 e. The van der Waals surface area contributed by atoms with Gasteiger partial charge in [0.1, 0.15) is 11.3 Å². The van der Waals surface area contributed by atoms with E-state index in [4.69, 9.17) is 15.2 Å². The SMILES string of the molecule is COCc1cccc(NC(=O)c2c(N)cccc2OC)c1. The van der Waals surface area contributed by atoms with Gasteiger partial charge in [-0.05, 0) is 29.8 Å². The second kappa shape index (κ2) is 6.76. The van der Waals surface area contributed by atoms with Gasteiger partial charge >= 0.3 is 0 Å². The highest BCUT2D eigenvalue weighted by atomic mass is 16.5. The fourth-order valence-corrected chi connectivity index (χ4v) is 2.06. The topological polar surface area (TPSA) is 73.6 Å². The molecule has 0 aliphatic heterocycles. The Labute approximate surface area is 123 Å². The second-order valence-electron chi connectivity index (χ2n) is 4.51. The summed E-state index contributed by atoms with van der Waals surface area (Å²) in [6.45, 7) is 0.487. The van der Waals surface area contributed by atoms with Crippen molar-refractivity contribution in [2.24, 2.45) is 0 Å². The molecule has 110 valence electrons. The molecule has 2 rings (SSSR count). The zero-order valence-corrected chi connectivity index (χ0v) is 12.1. The first-order valence-corrected chi connectivity index (χ1v) is 6.47. The van der Waals surface area contributed by atoms with Gasteiger partial charge in [-0.1, -0.05) is 18.2 Å². The first kappa shape index (κ1) is 14.9. The van der Waals surface area contributed by atoms with Gasteiger partial charge < -0.3 is 20.5 Å². The first-order valence-electron chi connectivity index (χ1n) is 6.47. The van der Waals surface area contributed by atoms with Crippen molar-refractivity contribution in [1.29, 1.82) is 0 Å². The fraction of sp³-hybridized carbons (Fsp3) is 0.188. The van der Waals surface area contributed by atoms with Crippen LogP contribution in [0, 0.1) is 0 Å². The van der Waals surface area contributed by atoms with Crippen molar-refractivity contribution < 1.29 is 14.3 Å². The Balaban J connectivity index is 2.24. The van der Waals surface area contributed by atoms with Gasteiger partial charge in [-0.2, -0.15) is 0 Å². The molecule has 3 N–H and O–H groups in total. The van der Waals surface area contributed by atoms with Crippen LogP contribution in [0.3, 0.4) is 0 Å². The number of methoxy groups -OCH3 is 2. The van der Waals surface area contributed by atoms with E-state index in [2.05, 4.69) is 5.32 Å². The molecule has 0 aromatic heterocycles. The first-order chi connectivity index (χ1) is 10.2. The summed E-state index contributed by atoms with van der Waals surface area (Å²) >= 11 is 0. The molecular weight excluding hydrogens is 268 g/mol. The number of nitrogens with one attached hydrogen (secondary N) is 1. The molecule has 0 saturated carbocycles. The van der Waals surface area contributed by atoms with Crippen LogP contribution in [0.15, 0.2) is 42.5 Å². The number of hydrogen-bond acceptors (Lipinski definition) is 4. The number of nitrogen functional groups attached to an aromatic ring is 1. The maximum absolute atomic E-state index is 12.4. The molecule has 0 radical (unpaired) electrons. The van der Waals surface area contributed by atoms with Gasteiger partial charge in [-0.25, -0.2) is 0 Å². The molecule has 0 fully saturated rings. The lowest BCUT2D eigenvalue weighted by molar-refractivity contribution is 0.102. The Hall–Kier alpha value is -2.53. The maximum Gasteiger partial charge on any atom is 0.261 e. The molecule has 0 spiro atoms. The standard InChI is InChI=1S/C16H18N2O3/c1-20-10-11-5-3-6-12(9-11)18-16(19)15-13(17)7-4-8-14(15)21-2/h3-9H,10,17H2,1-2H3,(H,18,19). The normalized spacial score (nSPS) is 10.2. The van der Waals surface area contributed by atoms with E-state index < -0.39 is 0 Å². The van der Waals surface area contributed by atoms with Crippen LogP contribution in [-0.2, 0) is 11.3 Å². The van der Waals surface area contributed by atoms with E-state index in [9.17, 15) is 4.79 Å². The van der Waals surface area contributed by atoms with Gasteiger partial charge in [0.05, 0.1) is 13.7 Å². The summed E-state index contributed by atoms with van der Waals surface area (Å²) in [5.74, 6) is 0.139. The lowest BCUT2D eigenvalue weighted by Gasteiger charge is -2.12. The van der Waals surface area contributed by atoms with E-state index in [1.807, 2.05) is 24.3 Å². The monoisotopic (exact) mass is 286 g/mol. The quantitative estimate of drug-likeness (QED) is 0.829. The van der Waals surface area contributed by atoms with E-state index >= 15 is 0 Å². The molecule has 5 nitrogen and oxygen atoms in total. The zero-order valence-electron chi connectivity index (χ0n) is 12.1. The number of rotatable bonds is 5. The fourth-order valence-electron chi connectivity index (χ4n) is 2.06. The highest BCUT2D eigenvalue weighted by Gasteiger charge is 2.15. The molecule has 0 saturated heterocycles. The summed E-state index contributed by atoms with van der Waals surface area (Å²) in [6.07, 6.45) is 0. The highest BCUT2D eigenvalue weighted by Crippen LogP contribution is 2.25. The molecule has 21 heavy (non-hydrogen) atoms. The third kappa shape index (κ3) is 3.52. The summed E-state index contributed by atoms with van der Waals surface area (Å²) in [5, 5.41) is 2.82. The summed E-state index contributed by atoms with van der Waals surface area (Å²) in [7, 11) is 3.13. The zero-order chi connectivity index (χ0) is 15.2. The van der Waals surface area contributed by atoms with Crippen LogP contribution in [0.4, 0.5) is 11.4 Å². The minimum absolute atomic E-state index is 0.306. The molecule has 1 amide bonds. The summed E-state index contributed by atoms with van der Waals surface area (Å²) in [6, 6.07) is 12.6. The van der Waals surface area contributed by atoms with Crippen LogP contribution in [0.2, 0.25) is 0 Å². The molecule has 0 atom stereocenters. The van der Waals surface area contributed by atoms with Crippen molar-refractivity contribution in [3.05, 3.63) is 53.6 Å². The Morgan fingerprint density at radius 2 is 1.95 bits per heavy atom. The van der Waals surface area contributed by atoms with Crippen LogP contribution in [0.25, 0.3) is 0 Å². The summed E-state index contributed by atoms with van der Waals surface area (Å²) < 4.78 is 10.3.